The first-order chi connectivity index (χ1) is 10.5. The third kappa shape index (κ3) is 4.23. The third-order valence-corrected chi connectivity index (χ3v) is 3.06. The highest BCUT2D eigenvalue weighted by Crippen LogP contribution is 2.18. The Bertz CT molecular complexity index is 784. The largest absolute Gasteiger partial charge is 0.481 e. The van der Waals surface area contributed by atoms with Crippen LogP contribution in [-0.4, -0.2) is 22.0 Å². The van der Waals surface area contributed by atoms with Gasteiger partial charge in [0, 0.05) is 17.8 Å². The summed E-state index contributed by atoms with van der Waals surface area (Å²) in [6.07, 6.45) is 0.490. The number of benzene rings is 1. The van der Waals surface area contributed by atoms with Gasteiger partial charge in [0.05, 0.1) is 5.56 Å². The van der Waals surface area contributed by atoms with Gasteiger partial charge < -0.3 is 15.0 Å². The first-order valence-electron chi connectivity index (χ1n) is 6.46. The van der Waals surface area contributed by atoms with E-state index in [-0.39, 0.29) is 12.1 Å². The van der Waals surface area contributed by atoms with Crippen LogP contribution in [0.25, 0.3) is 0 Å². The number of carbonyl (C=O) groups excluding carboxylic acids is 1. The summed E-state index contributed by atoms with van der Waals surface area (Å²) in [7, 11) is 0. The Kier molecular flexibility index (Phi) is 5.00. The van der Waals surface area contributed by atoms with Gasteiger partial charge >= 0.3 is 5.69 Å². The molecule has 0 radical (unpaired) electrons. The number of H-pyrrole nitrogens is 2. The lowest BCUT2D eigenvalue weighted by atomic mass is 10.3. The smallest absolute Gasteiger partial charge is 0.325 e. The molecule has 0 bridgehead atoms. The highest BCUT2D eigenvalue weighted by Gasteiger charge is 2.15. The fourth-order valence-corrected chi connectivity index (χ4v) is 1.87. The number of hydrogen-bond acceptors (Lipinski definition) is 4. The second-order valence-electron chi connectivity index (χ2n) is 4.53. The fraction of sp³-hybridized carbons (Fsp3) is 0.214. The molecule has 3 N–H and O–H groups in total. The number of carbonyl (C=O) groups is 1. The summed E-state index contributed by atoms with van der Waals surface area (Å²) in [4.78, 5) is 38.7. The maximum atomic E-state index is 11.9. The minimum atomic E-state index is -0.764. The van der Waals surface area contributed by atoms with Gasteiger partial charge in [-0.2, -0.15) is 0 Å². The van der Waals surface area contributed by atoms with Gasteiger partial charge in [-0.3, -0.25) is 14.6 Å². The molecule has 7 nitrogen and oxygen atoms in total. The van der Waals surface area contributed by atoms with Crippen LogP contribution in [0.1, 0.15) is 12.5 Å². The number of aromatic amines is 2. The fourth-order valence-electron chi connectivity index (χ4n) is 1.69. The molecule has 1 heterocycles. The van der Waals surface area contributed by atoms with E-state index in [0.717, 1.165) is 0 Å². The van der Waals surface area contributed by atoms with Gasteiger partial charge in [-0.25, -0.2) is 4.79 Å². The molecule has 0 fully saturated rings. The lowest BCUT2D eigenvalue weighted by molar-refractivity contribution is -0.127. The molecule has 0 aliphatic rings. The summed E-state index contributed by atoms with van der Waals surface area (Å²) in [6, 6.07) is 6.68. The molecule has 1 aromatic heterocycles. The van der Waals surface area contributed by atoms with E-state index in [9.17, 15) is 14.4 Å². The number of nitrogens with one attached hydrogen (secondary N) is 3. The summed E-state index contributed by atoms with van der Waals surface area (Å²) < 4.78 is 5.45. The summed E-state index contributed by atoms with van der Waals surface area (Å²) in [5, 5.41) is 3.06. The van der Waals surface area contributed by atoms with Gasteiger partial charge in [-0.05, 0) is 25.1 Å². The Morgan fingerprint density at radius 3 is 2.86 bits per heavy atom. The molecule has 1 atom stereocenters. The highest BCUT2D eigenvalue weighted by molar-refractivity contribution is 6.30. The quantitative estimate of drug-likeness (QED) is 0.757. The Labute approximate surface area is 130 Å². The van der Waals surface area contributed by atoms with E-state index in [2.05, 4.69) is 15.3 Å². The van der Waals surface area contributed by atoms with Gasteiger partial charge in [-0.1, -0.05) is 17.7 Å². The van der Waals surface area contributed by atoms with E-state index < -0.39 is 23.3 Å². The number of aromatic nitrogens is 2. The third-order valence-electron chi connectivity index (χ3n) is 2.83. The van der Waals surface area contributed by atoms with Crippen LogP contribution in [0.15, 0.2) is 40.1 Å². The van der Waals surface area contributed by atoms with Crippen LogP contribution in [0, 0.1) is 0 Å². The summed E-state index contributed by atoms with van der Waals surface area (Å²) in [6.45, 7) is 1.56. The minimum Gasteiger partial charge on any atom is -0.481 e. The lowest BCUT2D eigenvalue weighted by Crippen LogP contribution is -2.37. The molecular weight excluding hydrogens is 310 g/mol. The predicted molar refractivity (Wildman–Crippen MR) is 81.1 cm³/mol. The molecule has 8 heteroatoms. The molecule has 1 aromatic carbocycles. The normalized spacial score (nSPS) is 11.7. The number of rotatable bonds is 5. The number of hydrogen-bond donors (Lipinski definition) is 3. The Morgan fingerprint density at radius 2 is 2.18 bits per heavy atom. The van der Waals surface area contributed by atoms with E-state index >= 15 is 0 Å². The van der Waals surface area contributed by atoms with Crippen LogP contribution in [0.2, 0.25) is 5.02 Å². The standard InChI is InChI=1S/C14H14ClN3O4/c1-8(22-11-4-2-3-10(15)5-11)12(19)16-6-9-7-17-14(21)18-13(9)20/h2-5,7-8H,6H2,1H3,(H,16,19)(H2,17,18,20,21). The first kappa shape index (κ1) is 15.8. The molecule has 0 spiro atoms. The van der Waals surface area contributed by atoms with Crippen LogP contribution in [-0.2, 0) is 11.3 Å². The van der Waals surface area contributed by atoms with E-state index in [1.807, 2.05) is 0 Å². The lowest BCUT2D eigenvalue weighted by Gasteiger charge is -2.14. The average Bonchev–Trinajstić information content (AvgIpc) is 2.46. The molecule has 2 rings (SSSR count). The molecule has 116 valence electrons. The minimum absolute atomic E-state index is 0.0197. The average molecular weight is 324 g/mol. The van der Waals surface area contributed by atoms with Gasteiger partial charge in [0.1, 0.15) is 5.75 Å². The van der Waals surface area contributed by atoms with Crippen molar-refractivity contribution in [2.24, 2.45) is 0 Å². The summed E-state index contributed by atoms with van der Waals surface area (Å²) in [5.41, 5.74) is -0.909. The second-order valence-corrected chi connectivity index (χ2v) is 4.97. The van der Waals surface area contributed by atoms with Crippen LogP contribution >= 0.6 is 11.6 Å². The molecule has 1 amide bonds. The first-order valence-corrected chi connectivity index (χ1v) is 6.84. The predicted octanol–water partition coefficient (Wildman–Crippen LogP) is 0.800. The molecule has 22 heavy (non-hydrogen) atoms. The SMILES string of the molecule is CC(Oc1cccc(Cl)c1)C(=O)NCc1c[nH]c(=O)[nH]c1=O. The Balaban J connectivity index is 1.94. The van der Waals surface area contributed by atoms with Crippen molar-refractivity contribution in [2.45, 2.75) is 19.6 Å². The van der Waals surface area contributed by atoms with E-state index in [1.165, 1.54) is 6.20 Å². The summed E-state index contributed by atoms with van der Waals surface area (Å²) >= 11 is 5.83. The van der Waals surface area contributed by atoms with Crippen LogP contribution in [0.5, 0.6) is 5.75 Å². The van der Waals surface area contributed by atoms with Crippen molar-refractivity contribution in [3.8, 4) is 5.75 Å². The zero-order valence-corrected chi connectivity index (χ0v) is 12.4. The Hall–Kier alpha value is -2.54. The molecule has 0 saturated carbocycles. The van der Waals surface area contributed by atoms with E-state index in [0.29, 0.717) is 10.8 Å². The van der Waals surface area contributed by atoms with Crippen molar-refractivity contribution < 1.29 is 9.53 Å². The molecule has 0 aliphatic carbocycles. The molecule has 1 unspecified atom stereocenters. The number of ether oxygens (including phenoxy) is 1. The highest BCUT2D eigenvalue weighted by atomic mass is 35.5. The number of halogens is 1. The van der Waals surface area contributed by atoms with Gasteiger partial charge in [0.15, 0.2) is 6.10 Å². The Morgan fingerprint density at radius 1 is 1.41 bits per heavy atom. The van der Waals surface area contributed by atoms with Gasteiger partial charge in [0.25, 0.3) is 11.5 Å². The maximum absolute atomic E-state index is 11.9. The molecule has 0 saturated heterocycles. The van der Waals surface area contributed by atoms with Crippen molar-refractivity contribution in [1.29, 1.82) is 0 Å². The maximum Gasteiger partial charge on any atom is 0.325 e. The monoisotopic (exact) mass is 323 g/mol. The van der Waals surface area contributed by atoms with E-state index in [4.69, 9.17) is 16.3 Å². The van der Waals surface area contributed by atoms with Crippen molar-refractivity contribution in [3.05, 3.63) is 61.9 Å². The second kappa shape index (κ2) is 6.95. The van der Waals surface area contributed by atoms with Gasteiger partial charge in [0.2, 0.25) is 0 Å². The molecular formula is C14H14ClN3O4. The van der Waals surface area contributed by atoms with Crippen LogP contribution in [0.4, 0.5) is 0 Å². The zero-order valence-electron chi connectivity index (χ0n) is 11.7. The van der Waals surface area contributed by atoms with Crippen molar-refractivity contribution in [2.75, 3.05) is 0 Å². The topological polar surface area (TPSA) is 104 Å². The molecule has 0 aliphatic heterocycles. The van der Waals surface area contributed by atoms with Crippen molar-refractivity contribution in [3.63, 3.8) is 0 Å². The zero-order chi connectivity index (χ0) is 16.1. The van der Waals surface area contributed by atoms with Crippen molar-refractivity contribution >= 4 is 17.5 Å². The van der Waals surface area contributed by atoms with Crippen LogP contribution < -0.4 is 21.3 Å². The van der Waals surface area contributed by atoms with Gasteiger partial charge in [-0.15, -0.1) is 0 Å². The van der Waals surface area contributed by atoms with Crippen molar-refractivity contribution in [1.82, 2.24) is 15.3 Å². The summed E-state index contributed by atoms with van der Waals surface area (Å²) in [5.74, 6) is 0.0719. The number of amides is 1. The molecule has 2 aromatic rings. The van der Waals surface area contributed by atoms with Crippen LogP contribution in [0.3, 0.4) is 0 Å². The van der Waals surface area contributed by atoms with E-state index in [1.54, 1.807) is 31.2 Å².